The Morgan fingerprint density at radius 2 is 2.11 bits per heavy atom. The van der Waals surface area contributed by atoms with Gasteiger partial charge in [0.25, 0.3) is 0 Å². The van der Waals surface area contributed by atoms with E-state index in [1.807, 2.05) is 6.07 Å². The van der Waals surface area contributed by atoms with Crippen molar-refractivity contribution >= 4 is 17.3 Å². The molecule has 1 N–H and O–H groups in total. The van der Waals surface area contributed by atoms with Gasteiger partial charge in [-0.1, -0.05) is 31.5 Å². The summed E-state index contributed by atoms with van der Waals surface area (Å²) < 4.78 is 0. The summed E-state index contributed by atoms with van der Waals surface area (Å²) in [4.78, 5) is 2.58. The summed E-state index contributed by atoms with van der Waals surface area (Å²) in [6.45, 7) is 8.66. The van der Waals surface area contributed by atoms with E-state index in [1.54, 1.807) is 0 Å². The van der Waals surface area contributed by atoms with E-state index in [0.717, 1.165) is 18.1 Å². The Morgan fingerprint density at radius 1 is 1.32 bits per heavy atom. The van der Waals surface area contributed by atoms with Gasteiger partial charge >= 0.3 is 0 Å². The van der Waals surface area contributed by atoms with Crippen LogP contribution in [0.2, 0.25) is 5.02 Å². The summed E-state index contributed by atoms with van der Waals surface area (Å²) in [6, 6.07) is 7.58. The minimum absolute atomic E-state index is 0.615. The Kier molecular flexibility index (Phi) is 5.12. The Bertz CT molecular complexity index is 419. The van der Waals surface area contributed by atoms with Gasteiger partial charge in [-0.15, -0.1) is 0 Å². The fraction of sp³-hybridized carbons (Fsp3) is 0.625. The molecule has 106 valence electrons. The molecule has 1 aliphatic rings. The monoisotopic (exact) mass is 280 g/mol. The lowest BCUT2D eigenvalue weighted by Crippen LogP contribution is -2.35. The zero-order valence-electron chi connectivity index (χ0n) is 12.2. The van der Waals surface area contributed by atoms with Crippen LogP contribution in [0.4, 0.5) is 5.69 Å². The third-order valence-corrected chi connectivity index (χ3v) is 4.38. The first-order valence-electron chi connectivity index (χ1n) is 7.44. The van der Waals surface area contributed by atoms with Gasteiger partial charge in [0.15, 0.2) is 0 Å². The van der Waals surface area contributed by atoms with Gasteiger partial charge in [0.2, 0.25) is 0 Å². The van der Waals surface area contributed by atoms with Crippen LogP contribution in [-0.2, 0) is 6.54 Å². The molecule has 1 heterocycles. The number of halogens is 1. The molecule has 0 amide bonds. The quantitative estimate of drug-likeness (QED) is 0.869. The maximum atomic E-state index is 6.22. The SMILES string of the molecule is CCNCc1ccc(Cl)cc1N1C(C)CCC1CC. The molecule has 0 bridgehead atoms. The normalized spacial score (nSPS) is 23.1. The number of anilines is 1. The van der Waals surface area contributed by atoms with Crippen LogP contribution in [0, 0.1) is 0 Å². The lowest BCUT2D eigenvalue weighted by Gasteiger charge is -2.32. The van der Waals surface area contributed by atoms with Crippen molar-refractivity contribution in [3.8, 4) is 0 Å². The van der Waals surface area contributed by atoms with Crippen molar-refractivity contribution in [3.63, 3.8) is 0 Å². The van der Waals surface area contributed by atoms with Gasteiger partial charge in [0.1, 0.15) is 0 Å². The van der Waals surface area contributed by atoms with E-state index in [2.05, 4.69) is 43.1 Å². The first-order valence-corrected chi connectivity index (χ1v) is 7.82. The van der Waals surface area contributed by atoms with Crippen LogP contribution >= 0.6 is 11.6 Å². The van der Waals surface area contributed by atoms with E-state index in [9.17, 15) is 0 Å². The average Bonchev–Trinajstić information content (AvgIpc) is 2.78. The van der Waals surface area contributed by atoms with E-state index in [1.165, 1.54) is 30.5 Å². The lowest BCUT2D eigenvalue weighted by atomic mass is 10.1. The maximum absolute atomic E-state index is 6.22. The van der Waals surface area contributed by atoms with Gasteiger partial charge < -0.3 is 10.2 Å². The van der Waals surface area contributed by atoms with Crippen molar-refractivity contribution in [1.29, 1.82) is 0 Å². The first-order chi connectivity index (χ1) is 9.17. The standard InChI is InChI=1S/C16H25ClN2/c1-4-15-9-6-12(3)19(15)16-10-14(17)8-7-13(16)11-18-5-2/h7-8,10,12,15,18H,4-6,9,11H2,1-3H3. The van der Waals surface area contributed by atoms with Crippen molar-refractivity contribution in [3.05, 3.63) is 28.8 Å². The molecular formula is C16H25ClN2. The maximum Gasteiger partial charge on any atom is 0.0431 e. The van der Waals surface area contributed by atoms with Crippen molar-refractivity contribution in [2.45, 2.75) is 58.7 Å². The van der Waals surface area contributed by atoms with Crippen molar-refractivity contribution < 1.29 is 0 Å². The molecule has 1 aromatic rings. The highest BCUT2D eigenvalue weighted by Gasteiger charge is 2.30. The first kappa shape index (κ1) is 14.7. The molecule has 0 aromatic heterocycles. The zero-order valence-corrected chi connectivity index (χ0v) is 13.0. The van der Waals surface area contributed by atoms with Crippen molar-refractivity contribution in [1.82, 2.24) is 5.32 Å². The molecule has 2 rings (SSSR count). The highest BCUT2D eigenvalue weighted by atomic mass is 35.5. The Morgan fingerprint density at radius 3 is 2.79 bits per heavy atom. The molecular weight excluding hydrogens is 256 g/mol. The van der Waals surface area contributed by atoms with E-state index in [-0.39, 0.29) is 0 Å². The summed E-state index contributed by atoms with van der Waals surface area (Å²) in [5.74, 6) is 0. The van der Waals surface area contributed by atoms with Crippen LogP contribution in [0.5, 0.6) is 0 Å². The number of nitrogens with one attached hydrogen (secondary N) is 1. The molecule has 0 spiro atoms. The molecule has 2 atom stereocenters. The van der Waals surface area contributed by atoms with Crippen LogP contribution in [0.25, 0.3) is 0 Å². The minimum Gasteiger partial charge on any atom is -0.366 e. The second kappa shape index (κ2) is 6.62. The molecule has 0 radical (unpaired) electrons. The number of rotatable bonds is 5. The smallest absolute Gasteiger partial charge is 0.0431 e. The highest BCUT2D eigenvalue weighted by Crippen LogP contribution is 2.35. The summed E-state index contributed by atoms with van der Waals surface area (Å²) in [5.41, 5.74) is 2.68. The van der Waals surface area contributed by atoms with E-state index >= 15 is 0 Å². The van der Waals surface area contributed by atoms with Crippen LogP contribution in [0.3, 0.4) is 0 Å². The molecule has 1 saturated heterocycles. The van der Waals surface area contributed by atoms with Crippen LogP contribution in [-0.4, -0.2) is 18.6 Å². The van der Waals surface area contributed by atoms with E-state index < -0.39 is 0 Å². The summed E-state index contributed by atoms with van der Waals surface area (Å²) in [5, 5.41) is 4.26. The van der Waals surface area contributed by atoms with E-state index in [4.69, 9.17) is 11.6 Å². The van der Waals surface area contributed by atoms with Gasteiger partial charge in [-0.3, -0.25) is 0 Å². The molecule has 2 unspecified atom stereocenters. The lowest BCUT2D eigenvalue weighted by molar-refractivity contribution is 0.622. The second-order valence-corrected chi connectivity index (χ2v) is 5.89. The average molecular weight is 281 g/mol. The molecule has 19 heavy (non-hydrogen) atoms. The van der Waals surface area contributed by atoms with Crippen LogP contribution < -0.4 is 10.2 Å². The van der Waals surface area contributed by atoms with Gasteiger partial charge in [-0.05, 0) is 50.4 Å². The second-order valence-electron chi connectivity index (χ2n) is 5.45. The van der Waals surface area contributed by atoms with Crippen molar-refractivity contribution in [2.75, 3.05) is 11.4 Å². The molecule has 0 saturated carbocycles. The van der Waals surface area contributed by atoms with Gasteiger partial charge in [-0.2, -0.15) is 0 Å². The zero-order chi connectivity index (χ0) is 13.8. The Labute approximate surface area is 122 Å². The molecule has 0 aliphatic carbocycles. The largest absolute Gasteiger partial charge is 0.366 e. The number of benzene rings is 1. The summed E-state index contributed by atoms with van der Waals surface area (Å²) >= 11 is 6.22. The van der Waals surface area contributed by atoms with Crippen LogP contribution in [0.15, 0.2) is 18.2 Å². The fourth-order valence-corrected chi connectivity index (χ4v) is 3.26. The Balaban J connectivity index is 2.32. The molecule has 3 heteroatoms. The minimum atomic E-state index is 0.615. The number of hydrogen-bond donors (Lipinski definition) is 1. The fourth-order valence-electron chi connectivity index (χ4n) is 3.09. The van der Waals surface area contributed by atoms with Gasteiger partial charge in [0.05, 0.1) is 0 Å². The highest BCUT2D eigenvalue weighted by molar-refractivity contribution is 6.30. The number of hydrogen-bond acceptors (Lipinski definition) is 2. The predicted octanol–water partition coefficient (Wildman–Crippen LogP) is 4.22. The summed E-state index contributed by atoms with van der Waals surface area (Å²) in [6.07, 6.45) is 3.79. The molecule has 1 aliphatic heterocycles. The Hall–Kier alpha value is -0.730. The molecule has 1 aromatic carbocycles. The van der Waals surface area contributed by atoms with Gasteiger partial charge in [0, 0.05) is 29.3 Å². The van der Waals surface area contributed by atoms with E-state index in [0.29, 0.717) is 12.1 Å². The van der Waals surface area contributed by atoms with Crippen molar-refractivity contribution in [2.24, 2.45) is 0 Å². The van der Waals surface area contributed by atoms with Gasteiger partial charge in [-0.25, -0.2) is 0 Å². The third kappa shape index (κ3) is 3.24. The summed E-state index contributed by atoms with van der Waals surface area (Å²) in [7, 11) is 0. The number of nitrogens with zero attached hydrogens (tertiary/aromatic N) is 1. The topological polar surface area (TPSA) is 15.3 Å². The third-order valence-electron chi connectivity index (χ3n) is 4.15. The van der Waals surface area contributed by atoms with Crippen LogP contribution in [0.1, 0.15) is 45.6 Å². The molecule has 1 fully saturated rings. The molecule has 2 nitrogen and oxygen atoms in total. The predicted molar refractivity (Wildman–Crippen MR) is 84.1 cm³/mol.